The van der Waals surface area contributed by atoms with E-state index < -0.39 is 0 Å². The Morgan fingerprint density at radius 3 is 1.86 bits per heavy atom. The molecule has 0 aliphatic heterocycles. The zero-order chi connectivity index (χ0) is 33.8. The zero-order valence-corrected chi connectivity index (χ0v) is 28.8. The molecule has 0 fully saturated rings. The Kier molecular flexibility index (Phi) is 6.01. The summed E-state index contributed by atoms with van der Waals surface area (Å²) in [6.07, 6.45) is 0. The van der Waals surface area contributed by atoms with Crippen molar-refractivity contribution in [2.45, 2.75) is 38.5 Å². The van der Waals surface area contributed by atoms with Crippen molar-refractivity contribution in [3.8, 4) is 33.4 Å². The molecule has 0 radical (unpaired) electrons. The molecule has 2 aliphatic carbocycles. The summed E-state index contributed by atoms with van der Waals surface area (Å²) >= 11 is 0. The molecule has 10 rings (SSSR count). The number of hydrogen-bond acceptors (Lipinski definition) is 2. The van der Waals surface area contributed by atoms with Gasteiger partial charge in [0, 0.05) is 38.4 Å². The zero-order valence-electron chi connectivity index (χ0n) is 28.8. The fourth-order valence-electron chi connectivity index (χ4n) is 8.98. The van der Waals surface area contributed by atoms with Crippen LogP contribution in [0.1, 0.15) is 49.9 Å². The van der Waals surface area contributed by atoms with Gasteiger partial charge >= 0.3 is 0 Å². The van der Waals surface area contributed by atoms with Crippen LogP contribution in [0.15, 0.2) is 156 Å². The summed E-state index contributed by atoms with van der Waals surface area (Å²) in [6, 6.07) is 55.7. The maximum absolute atomic E-state index is 6.24. The molecule has 0 amide bonds. The number of rotatable bonds is 4. The Labute approximate surface area is 293 Å². The molecule has 0 N–H and O–H groups in total. The van der Waals surface area contributed by atoms with Gasteiger partial charge in [-0.1, -0.05) is 137 Å². The molecule has 50 heavy (non-hydrogen) atoms. The molecule has 0 spiro atoms. The number of anilines is 3. The van der Waals surface area contributed by atoms with Gasteiger partial charge in [-0.05, 0) is 87.0 Å². The quantitative estimate of drug-likeness (QED) is 0.190. The highest BCUT2D eigenvalue weighted by Crippen LogP contribution is 2.56. The Morgan fingerprint density at radius 2 is 1.02 bits per heavy atom. The molecule has 0 bridgehead atoms. The molecular weight excluding hydrogens is 607 g/mol. The van der Waals surface area contributed by atoms with Crippen molar-refractivity contribution < 1.29 is 4.42 Å². The Morgan fingerprint density at radius 1 is 0.420 bits per heavy atom. The SMILES string of the molecule is CC1(C)c2ccccc2-c2cc(N(c3ccccc3-c3ccc4oc5ccccc5c4c3)c3cccc4c3-c3ccccc3C4(C)C)ccc21. The Balaban J connectivity index is 1.26. The topological polar surface area (TPSA) is 16.4 Å². The largest absolute Gasteiger partial charge is 0.456 e. The normalized spacial score (nSPS) is 14.7. The van der Waals surface area contributed by atoms with Gasteiger partial charge in [-0.25, -0.2) is 0 Å². The third kappa shape index (κ3) is 3.96. The van der Waals surface area contributed by atoms with Crippen molar-refractivity contribution in [1.29, 1.82) is 0 Å². The number of nitrogens with zero attached hydrogens (tertiary/aromatic N) is 1. The van der Waals surface area contributed by atoms with Crippen LogP contribution in [0.3, 0.4) is 0 Å². The van der Waals surface area contributed by atoms with Crippen molar-refractivity contribution >= 4 is 39.0 Å². The summed E-state index contributed by atoms with van der Waals surface area (Å²) in [7, 11) is 0. The third-order valence-corrected chi connectivity index (χ3v) is 11.5. The summed E-state index contributed by atoms with van der Waals surface area (Å²) in [5.74, 6) is 0. The molecular formula is C48H37NO. The molecule has 2 heteroatoms. The van der Waals surface area contributed by atoms with Gasteiger partial charge in [0.15, 0.2) is 0 Å². The summed E-state index contributed by atoms with van der Waals surface area (Å²) in [6.45, 7) is 9.42. The molecule has 0 saturated carbocycles. The van der Waals surface area contributed by atoms with E-state index in [0.717, 1.165) is 38.9 Å². The summed E-state index contributed by atoms with van der Waals surface area (Å²) < 4.78 is 6.24. The minimum absolute atomic E-state index is 0.0626. The Hall–Kier alpha value is -5.86. The number of furan rings is 1. The van der Waals surface area contributed by atoms with Gasteiger partial charge in [-0.3, -0.25) is 0 Å². The third-order valence-electron chi connectivity index (χ3n) is 11.5. The fourth-order valence-corrected chi connectivity index (χ4v) is 8.98. The van der Waals surface area contributed by atoms with Crippen LogP contribution < -0.4 is 4.90 Å². The van der Waals surface area contributed by atoms with Crippen LogP contribution in [0.2, 0.25) is 0 Å². The minimum Gasteiger partial charge on any atom is -0.456 e. The smallest absolute Gasteiger partial charge is 0.135 e. The molecule has 7 aromatic carbocycles. The first-order valence-corrected chi connectivity index (χ1v) is 17.6. The average molecular weight is 644 g/mol. The van der Waals surface area contributed by atoms with E-state index >= 15 is 0 Å². The standard InChI is InChI=1S/C48H37NO/c1-47(2)38-18-9-5-15-33(38)36-29-31(25-26-40(36)47)49(43-22-13-20-41-46(43)35-17-6-10-19-39(35)48(41,3)4)42-21-11-7-14-32(42)30-24-27-45-37(28-30)34-16-8-12-23-44(34)50-45/h5-29H,1-4H3. The van der Waals surface area contributed by atoms with Crippen LogP contribution in [-0.4, -0.2) is 0 Å². The van der Waals surface area contributed by atoms with E-state index in [2.05, 4.69) is 172 Å². The van der Waals surface area contributed by atoms with Gasteiger partial charge < -0.3 is 9.32 Å². The van der Waals surface area contributed by atoms with Crippen molar-refractivity contribution in [2.75, 3.05) is 4.90 Å². The summed E-state index contributed by atoms with van der Waals surface area (Å²) in [4.78, 5) is 2.51. The second-order valence-electron chi connectivity index (χ2n) is 14.9. The average Bonchev–Trinajstić information content (AvgIpc) is 3.72. The van der Waals surface area contributed by atoms with E-state index in [1.54, 1.807) is 0 Å². The van der Waals surface area contributed by atoms with Crippen molar-refractivity contribution in [1.82, 2.24) is 0 Å². The van der Waals surface area contributed by atoms with Crippen molar-refractivity contribution in [2.24, 2.45) is 0 Å². The number of benzene rings is 7. The van der Waals surface area contributed by atoms with Crippen LogP contribution in [-0.2, 0) is 10.8 Å². The van der Waals surface area contributed by atoms with Gasteiger partial charge in [0.1, 0.15) is 11.2 Å². The number of fused-ring (bicyclic) bond motifs is 9. The minimum atomic E-state index is -0.110. The second-order valence-corrected chi connectivity index (χ2v) is 14.9. The first-order valence-electron chi connectivity index (χ1n) is 17.6. The van der Waals surface area contributed by atoms with Crippen LogP contribution in [0.25, 0.3) is 55.3 Å². The number of para-hydroxylation sites is 2. The van der Waals surface area contributed by atoms with E-state index in [1.807, 2.05) is 12.1 Å². The van der Waals surface area contributed by atoms with E-state index in [0.29, 0.717) is 0 Å². The lowest BCUT2D eigenvalue weighted by Gasteiger charge is -2.31. The van der Waals surface area contributed by atoms with Gasteiger partial charge in [-0.15, -0.1) is 0 Å². The highest BCUT2D eigenvalue weighted by Gasteiger charge is 2.39. The monoisotopic (exact) mass is 643 g/mol. The van der Waals surface area contributed by atoms with Gasteiger partial charge in [0.25, 0.3) is 0 Å². The van der Waals surface area contributed by atoms with Crippen molar-refractivity contribution in [3.05, 3.63) is 174 Å². The van der Waals surface area contributed by atoms with Crippen LogP contribution >= 0.6 is 0 Å². The number of hydrogen-bond donors (Lipinski definition) is 0. The predicted octanol–water partition coefficient (Wildman–Crippen LogP) is 13.3. The van der Waals surface area contributed by atoms with Crippen LogP contribution in [0, 0.1) is 0 Å². The summed E-state index contributed by atoms with van der Waals surface area (Å²) in [5.41, 5.74) is 18.2. The summed E-state index contributed by atoms with van der Waals surface area (Å²) in [5, 5.41) is 2.27. The molecule has 0 saturated heterocycles. The Bertz CT molecular complexity index is 2670. The van der Waals surface area contributed by atoms with Gasteiger partial charge in [0.05, 0.1) is 11.4 Å². The van der Waals surface area contributed by atoms with Gasteiger partial charge in [0.2, 0.25) is 0 Å². The molecule has 1 heterocycles. The molecule has 240 valence electrons. The van der Waals surface area contributed by atoms with E-state index in [9.17, 15) is 0 Å². The fraction of sp³-hybridized carbons (Fsp3) is 0.125. The van der Waals surface area contributed by atoms with Crippen LogP contribution in [0.5, 0.6) is 0 Å². The molecule has 2 nitrogen and oxygen atoms in total. The van der Waals surface area contributed by atoms with Crippen molar-refractivity contribution in [3.63, 3.8) is 0 Å². The van der Waals surface area contributed by atoms with Gasteiger partial charge in [-0.2, -0.15) is 0 Å². The highest BCUT2D eigenvalue weighted by atomic mass is 16.3. The molecule has 0 atom stereocenters. The lowest BCUT2D eigenvalue weighted by atomic mass is 9.82. The first-order chi connectivity index (χ1) is 24.3. The maximum Gasteiger partial charge on any atom is 0.135 e. The highest BCUT2D eigenvalue weighted by molar-refractivity contribution is 6.07. The molecule has 2 aliphatic rings. The molecule has 1 aromatic heterocycles. The lowest BCUT2D eigenvalue weighted by Crippen LogP contribution is -2.17. The van der Waals surface area contributed by atoms with E-state index in [4.69, 9.17) is 4.42 Å². The van der Waals surface area contributed by atoms with E-state index in [-0.39, 0.29) is 10.8 Å². The second kappa shape index (κ2) is 10.3. The first kappa shape index (κ1) is 29.1. The lowest BCUT2D eigenvalue weighted by molar-refractivity contribution is 0.660. The predicted molar refractivity (Wildman–Crippen MR) is 209 cm³/mol. The van der Waals surface area contributed by atoms with E-state index in [1.165, 1.54) is 55.8 Å². The molecule has 8 aromatic rings. The van der Waals surface area contributed by atoms with Crippen LogP contribution in [0.4, 0.5) is 17.1 Å². The maximum atomic E-state index is 6.24. The molecule has 0 unspecified atom stereocenters.